The van der Waals surface area contributed by atoms with Crippen molar-refractivity contribution in [1.29, 1.82) is 0 Å². The number of amides is 1. The minimum atomic E-state index is -0.438. The van der Waals surface area contributed by atoms with Gasteiger partial charge in [0.25, 0.3) is 5.91 Å². The highest BCUT2D eigenvalue weighted by atomic mass is 35.5. The summed E-state index contributed by atoms with van der Waals surface area (Å²) in [5.41, 5.74) is 2.72. The molecule has 0 spiro atoms. The average molecular weight is 464 g/mol. The van der Waals surface area contributed by atoms with E-state index in [9.17, 15) is 8.68 Å². The molecule has 0 fully saturated rings. The van der Waals surface area contributed by atoms with E-state index in [4.69, 9.17) is 25.3 Å². The number of carbonyl (C=O) groups excluding carboxylic acids is 1. The molecule has 0 bridgehead atoms. The smallest absolute Gasteiger partial charge is 0.279 e. The summed E-state index contributed by atoms with van der Waals surface area (Å²) in [6.07, 6.45) is 1.41. The highest BCUT2D eigenvalue weighted by Gasteiger charge is 2.32. The first-order valence-corrected chi connectivity index (χ1v) is 10.4. The molecule has 2 heterocycles. The summed E-state index contributed by atoms with van der Waals surface area (Å²) in [7, 11) is 1.51. The van der Waals surface area contributed by atoms with Crippen LogP contribution in [-0.2, 0) is 10.7 Å². The predicted molar refractivity (Wildman–Crippen MR) is 117 cm³/mol. The Morgan fingerprint density at radius 2 is 1.94 bits per heavy atom. The van der Waals surface area contributed by atoms with Gasteiger partial charge in [0, 0.05) is 28.5 Å². The average Bonchev–Trinajstić information content (AvgIpc) is 3.32. The van der Waals surface area contributed by atoms with Gasteiger partial charge in [-0.2, -0.15) is 5.10 Å². The molecule has 1 aromatic heterocycles. The topological polar surface area (TPSA) is 65.8 Å². The van der Waals surface area contributed by atoms with Crippen LogP contribution < -0.4 is 14.4 Å². The standard InChI is InChI=1S/C21H19ClFN3O4S/c1-13(30-31-23)12-29-18-8-7-17(9-19(18)28-2)25-10-14-11-26(24-20(14)21(25)27)16-5-3-15(22)4-6-16/h3-9,11,13H,10,12H2,1-2H3. The van der Waals surface area contributed by atoms with Gasteiger partial charge in [-0.25, -0.2) is 4.68 Å². The van der Waals surface area contributed by atoms with E-state index in [1.54, 1.807) is 46.8 Å². The third-order valence-corrected chi connectivity index (χ3v) is 5.44. The molecule has 1 atom stereocenters. The van der Waals surface area contributed by atoms with Gasteiger partial charge in [-0.3, -0.25) is 8.98 Å². The molecule has 0 saturated heterocycles. The number of anilines is 1. The lowest BCUT2D eigenvalue weighted by Gasteiger charge is -2.19. The van der Waals surface area contributed by atoms with E-state index >= 15 is 0 Å². The van der Waals surface area contributed by atoms with Crippen molar-refractivity contribution in [3.63, 3.8) is 0 Å². The van der Waals surface area contributed by atoms with Crippen LogP contribution in [0.3, 0.4) is 0 Å². The Hall–Kier alpha value is -2.75. The molecule has 31 heavy (non-hydrogen) atoms. The van der Waals surface area contributed by atoms with Crippen molar-refractivity contribution in [1.82, 2.24) is 9.78 Å². The number of aromatic nitrogens is 2. The second-order valence-corrected chi connectivity index (χ2v) is 7.69. The maximum Gasteiger partial charge on any atom is 0.279 e. The molecule has 1 aliphatic rings. The van der Waals surface area contributed by atoms with Crippen LogP contribution in [0.15, 0.2) is 48.7 Å². The maximum atomic E-state index is 13.0. The lowest BCUT2D eigenvalue weighted by molar-refractivity contribution is 0.0991. The first-order chi connectivity index (χ1) is 15.0. The Morgan fingerprint density at radius 3 is 2.61 bits per heavy atom. The van der Waals surface area contributed by atoms with Crippen LogP contribution in [0.1, 0.15) is 23.0 Å². The lowest BCUT2D eigenvalue weighted by Crippen LogP contribution is -2.24. The number of methoxy groups -OCH3 is 1. The van der Waals surface area contributed by atoms with Crippen LogP contribution in [0, 0.1) is 0 Å². The van der Waals surface area contributed by atoms with Crippen LogP contribution in [0.2, 0.25) is 5.02 Å². The van der Waals surface area contributed by atoms with E-state index in [0.29, 0.717) is 34.4 Å². The molecule has 1 amide bonds. The van der Waals surface area contributed by atoms with Gasteiger partial charge in [-0.05, 0) is 43.3 Å². The number of rotatable bonds is 8. The number of fused-ring (bicyclic) bond motifs is 1. The van der Waals surface area contributed by atoms with Crippen molar-refractivity contribution in [2.24, 2.45) is 0 Å². The van der Waals surface area contributed by atoms with Gasteiger partial charge in [0.1, 0.15) is 12.7 Å². The number of hydrogen-bond acceptors (Lipinski definition) is 6. The first-order valence-electron chi connectivity index (χ1n) is 9.41. The normalized spacial score (nSPS) is 13.9. The summed E-state index contributed by atoms with van der Waals surface area (Å²) in [6, 6.07) is 12.4. The van der Waals surface area contributed by atoms with E-state index in [-0.39, 0.29) is 24.9 Å². The minimum absolute atomic E-state index is 0.152. The monoisotopic (exact) mass is 463 g/mol. The number of halogens is 2. The Labute approximate surface area is 188 Å². The summed E-state index contributed by atoms with van der Waals surface area (Å²) in [4.78, 5) is 14.6. The van der Waals surface area contributed by atoms with Crippen molar-refractivity contribution < 1.29 is 22.3 Å². The molecule has 4 rings (SSSR count). The van der Waals surface area contributed by atoms with Crippen LogP contribution in [0.5, 0.6) is 11.5 Å². The molecule has 3 aromatic rings. The van der Waals surface area contributed by atoms with Crippen LogP contribution >= 0.6 is 24.0 Å². The van der Waals surface area contributed by atoms with E-state index in [1.807, 2.05) is 18.3 Å². The van der Waals surface area contributed by atoms with Crippen molar-refractivity contribution in [3.8, 4) is 17.2 Å². The van der Waals surface area contributed by atoms with E-state index < -0.39 is 6.10 Å². The van der Waals surface area contributed by atoms with Crippen molar-refractivity contribution in [2.75, 3.05) is 18.6 Å². The van der Waals surface area contributed by atoms with E-state index in [0.717, 1.165) is 11.3 Å². The molecular weight excluding hydrogens is 445 g/mol. The predicted octanol–water partition coefficient (Wildman–Crippen LogP) is 5.01. The van der Waals surface area contributed by atoms with E-state index in [2.05, 4.69) is 5.10 Å². The maximum absolute atomic E-state index is 13.0. The molecule has 10 heteroatoms. The van der Waals surface area contributed by atoms with Crippen molar-refractivity contribution in [3.05, 3.63) is 64.9 Å². The fourth-order valence-electron chi connectivity index (χ4n) is 3.25. The van der Waals surface area contributed by atoms with Gasteiger partial charge in [0.05, 0.1) is 19.3 Å². The molecule has 162 valence electrons. The van der Waals surface area contributed by atoms with Gasteiger partial charge in [0.2, 0.25) is 12.4 Å². The third-order valence-electron chi connectivity index (χ3n) is 4.79. The fraction of sp³-hybridized carbons (Fsp3) is 0.238. The Balaban J connectivity index is 1.51. The van der Waals surface area contributed by atoms with E-state index in [1.165, 1.54) is 7.11 Å². The molecule has 0 N–H and O–H groups in total. The number of benzene rings is 2. The molecule has 0 saturated carbocycles. The van der Waals surface area contributed by atoms with Crippen LogP contribution in [0.25, 0.3) is 5.69 Å². The molecule has 1 unspecified atom stereocenters. The summed E-state index contributed by atoms with van der Waals surface area (Å²) in [5.74, 6) is 0.740. The fourth-order valence-corrected chi connectivity index (χ4v) is 3.56. The molecule has 2 aromatic carbocycles. The quantitative estimate of drug-likeness (QED) is 0.437. The van der Waals surface area contributed by atoms with Gasteiger partial charge >= 0.3 is 0 Å². The zero-order chi connectivity index (χ0) is 22.0. The number of ether oxygens (including phenoxy) is 2. The Bertz CT molecular complexity index is 1090. The molecular formula is C21H19ClFN3O4S. The van der Waals surface area contributed by atoms with Gasteiger partial charge in [0.15, 0.2) is 17.2 Å². The van der Waals surface area contributed by atoms with Gasteiger partial charge in [-0.15, -0.1) is 3.89 Å². The molecule has 1 aliphatic heterocycles. The SMILES string of the molecule is COc1cc(N2Cc3cn(-c4ccc(Cl)cc4)nc3C2=O)ccc1OCC(C)OSF. The summed E-state index contributed by atoms with van der Waals surface area (Å²) < 4.78 is 29.6. The summed E-state index contributed by atoms with van der Waals surface area (Å²) in [5, 5.41) is 5.09. The molecule has 0 aliphatic carbocycles. The molecule has 0 radical (unpaired) electrons. The Morgan fingerprint density at radius 1 is 1.19 bits per heavy atom. The molecule has 7 nitrogen and oxygen atoms in total. The van der Waals surface area contributed by atoms with Crippen molar-refractivity contribution in [2.45, 2.75) is 19.6 Å². The zero-order valence-electron chi connectivity index (χ0n) is 16.7. The number of hydrogen-bond donors (Lipinski definition) is 0. The zero-order valence-corrected chi connectivity index (χ0v) is 18.3. The third kappa shape index (κ3) is 4.48. The Kier molecular flexibility index (Phi) is 6.35. The number of carbonyl (C=O) groups is 1. The minimum Gasteiger partial charge on any atom is -0.493 e. The first kappa shape index (κ1) is 21.5. The van der Waals surface area contributed by atoms with Gasteiger partial charge in [-0.1, -0.05) is 11.6 Å². The van der Waals surface area contributed by atoms with Crippen molar-refractivity contribution >= 4 is 35.6 Å². The highest BCUT2D eigenvalue weighted by Crippen LogP contribution is 2.35. The second kappa shape index (κ2) is 9.17. The van der Waals surface area contributed by atoms with Crippen LogP contribution in [-0.4, -0.2) is 35.5 Å². The highest BCUT2D eigenvalue weighted by molar-refractivity contribution is 7.89. The van der Waals surface area contributed by atoms with Crippen LogP contribution in [0.4, 0.5) is 9.57 Å². The summed E-state index contributed by atoms with van der Waals surface area (Å²) >= 11 is 5.74. The van der Waals surface area contributed by atoms with Gasteiger partial charge < -0.3 is 14.4 Å². The lowest BCUT2D eigenvalue weighted by atomic mass is 10.2. The second-order valence-electron chi connectivity index (χ2n) is 6.93. The number of nitrogens with zero attached hydrogens (tertiary/aromatic N) is 3. The largest absolute Gasteiger partial charge is 0.493 e. The summed E-state index contributed by atoms with van der Waals surface area (Å²) in [6.45, 7) is 2.24.